The lowest BCUT2D eigenvalue weighted by atomic mass is 10.1. The summed E-state index contributed by atoms with van der Waals surface area (Å²) in [6, 6.07) is 9.66. The smallest absolute Gasteiger partial charge is 0.299 e. The highest BCUT2D eigenvalue weighted by molar-refractivity contribution is 7.13. The maximum atomic E-state index is 12.3. The van der Waals surface area contributed by atoms with Crippen molar-refractivity contribution in [2.75, 3.05) is 0 Å². The number of rotatable bonds is 1. The molecule has 1 aromatic carbocycles. The van der Waals surface area contributed by atoms with Gasteiger partial charge in [0, 0.05) is 12.4 Å². The van der Waals surface area contributed by atoms with E-state index < -0.39 is 5.56 Å². The minimum atomic E-state index is -0.436. The van der Waals surface area contributed by atoms with Crippen LogP contribution in [0.3, 0.4) is 0 Å². The third-order valence-corrected chi connectivity index (χ3v) is 4.21. The number of thiophene rings is 1. The van der Waals surface area contributed by atoms with Gasteiger partial charge in [-0.3, -0.25) is 4.79 Å². The Morgan fingerprint density at radius 2 is 2.14 bits per heavy atom. The molecule has 0 aliphatic rings. The second kappa shape index (κ2) is 5.14. The number of nitrogens with zero attached hydrogens (tertiary/aromatic N) is 3. The molecule has 0 bridgehead atoms. The van der Waals surface area contributed by atoms with Crippen LogP contribution < -0.4 is 11.0 Å². The third kappa shape index (κ3) is 2.23. The molecule has 0 saturated carbocycles. The first-order chi connectivity index (χ1) is 10.1. The molecule has 0 atom stereocenters. The quantitative estimate of drug-likeness (QED) is 0.553. The Morgan fingerprint density at radius 1 is 1.33 bits per heavy atom. The standard InChI is InChI=1S/C15H13N3O2S/c1-9-5-6-11-10(8-9)13(12-4-3-7-21-12)16-14(17-20)15(19)18(11)2/h3-8,20H,1-2H3. The molecule has 21 heavy (non-hydrogen) atoms. The minimum absolute atomic E-state index is 0.213. The Labute approximate surface area is 124 Å². The van der Waals surface area contributed by atoms with E-state index in [1.807, 2.05) is 42.6 Å². The van der Waals surface area contributed by atoms with E-state index in [1.54, 1.807) is 7.05 Å². The second-order valence-corrected chi connectivity index (χ2v) is 5.69. The van der Waals surface area contributed by atoms with Crippen LogP contribution in [0.2, 0.25) is 0 Å². The number of aryl methyl sites for hydroxylation is 2. The van der Waals surface area contributed by atoms with Crippen LogP contribution in [0.1, 0.15) is 5.56 Å². The van der Waals surface area contributed by atoms with Gasteiger partial charge in [0.2, 0.25) is 0 Å². The molecule has 3 rings (SSSR count). The van der Waals surface area contributed by atoms with E-state index in [0.717, 1.165) is 21.3 Å². The fraction of sp³-hybridized carbons (Fsp3) is 0.133. The Hall–Kier alpha value is -2.47. The number of hydrogen-bond acceptors (Lipinski definition) is 5. The SMILES string of the molecule is Cc1ccc2c(c1)c(-c1cccs1)nc(=NO)c(=O)n2C. The van der Waals surface area contributed by atoms with Gasteiger partial charge in [-0.1, -0.05) is 22.9 Å². The van der Waals surface area contributed by atoms with Crippen molar-refractivity contribution in [1.82, 2.24) is 9.55 Å². The molecule has 5 nitrogen and oxygen atoms in total. The van der Waals surface area contributed by atoms with Crippen LogP contribution in [0.25, 0.3) is 21.5 Å². The minimum Gasteiger partial charge on any atom is -0.409 e. The topological polar surface area (TPSA) is 67.5 Å². The van der Waals surface area contributed by atoms with Gasteiger partial charge in [0.25, 0.3) is 11.0 Å². The number of fused-ring (bicyclic) bond motifs is 1. The lowest BCUT2D eigenvalue weighted by Gasteiger charge is -2.03. The number of benzene rings is 1. The van der Waals surface area contributed by atoms with Gasteiger partial charge >= 0.3 is 0 Å². The lowest BCUT2D eigenvalue weighted by Crippen LogP contribution is -2.32. The second-order valence-electron chi connectivity index (χ2n) is 4.75. The molecule has 0 fully saturated rings. The van der Waals surface area contributed by atoms with Crippen LogP contribution in [-0.4, -0.2) is 14.8 Å². The zero-order valence-electron chi connectivity index (χ0n) is 11.6. The fourth-order valence-electron chi connectivity index (χ4n) is 2.27. The van der Waals surface area contributed by atoms with Crippen LogP contribution >= 0.6 is 11.3 Å². The van der Waals surface area contributed by atoms with E-state index in [4.69, 9.17) is 5.21 Å². The van der Waals surface area contributed by atoms with E-state index in [0.29, 0.717) is 5.69 Å². The van der Waals surface area contributed by atoms with Gasteiger partial charge in [0.1, 0.15) is 0 Å². The summed E-state index contributed by atoms with van der Waals surface area (Å²) >= 11 is 1.53. The molecule has 0 radical (unpaired) electrons. The third-order valence-electron chi connectivity index (χ3n) is 3.33. The average Bonchev–Trinajstić information content (AvgIpc) is 2.98. The number of hydrogen-bond donors (Lipinski definition) is 1. The summed E-state index contributed by atoms with van der Waals surface area (Å²) < 4.78 is 1.45. The molecule has 0 spiro atoms. The predicted octanol–water partition coefficient (Wildman–Crippen LogP) is 2.26. The highest BCUT2D eigenvalue weighted by Crippen LogP contribution is 2.28. The zero-order valence-corrected chi connectivity index (χ0v) is 12.4. The summed E-state index contributed by atoms with van der Waals surface area (Å²) in [5.41, 5.74) is 1.82. The van der Waals surface area contributed by atoms with Crippen LogP contribution in [0, 0.1) is 6.92 Å². The Kier molecular flexibility index (Phi) is 3.31. The fourth-order valence-corrected chi connectivity index (χ4v) is 3.00. The summed E-state index contributed by atoms with van der Waals surface area (Å²) in [6.45, 7) is 1.99. The van der Waals surface area contributed by atoms with E-state index in [9.17, 15) is 4.79 Å². The first kappa shape index (κ1) is 13.5. The van der Waals surface area contributed by atoms with Crippen LogP contribution in [-0.2, 0) is 7.05 Å². The monoisotopic (exact) mass is 299 g/mol. The molecule has 106 valence electrons. The molecule has 2 aromatic heterocycles. The van der Waals surface area contributed by atoms with Gasteiger partial charge in [0.05, 0.1) is 16.1 Å². The molecule has 0 amide bonds. The molecule has 2 heterocycles. The van der Waals surface area contributed by atoms with Gasteiger partial charge in [-0.25, -0.2) is 4.98 Å². The lowest BCUT2D eigenvalue weighted by molar-refractivity contribution is 0.297. The highest BCUT2D eigenvalue weighted by atomic mass is 32.1. The molecular weight excluding hydrogens is 286 g/mol. The normalized spacial score (nSPS) is 12.0. The molecule has 1 N–H and O–H groups in total. The Bertz CT molecular complexity index is 944. The van der Waals surface area contributed by atoms with Crippen molar-refractivity contribution in [2.24, 2.45) is 12.2 Å². The summed E-state index contributed by atoms with van der Waals surface area (Å²) in [6.07, 6.45) is 0. The summed E-state index contributed by atoms with van der Waals surface area (Å²) in [5, 5.41) is 14.9. The molecule has 6 heteroatoms. The van der Waals surface area contributed by atoms with Crippen molar-refractivity contribution in [3.63, 3.8) is 0 Å². The van der Waals surface area contributed by atoms with Crippen molar-refractivity contribution >= 4 is 22.2 Å². The van der Waals surface area contributed by atoms with Gasteiger partial charge < -0.3 is 9.77 Å². The van der Waals surface area contributed by atoms with Gasteiger partial charge in [-0.05, 0) is 30.5 Å². The van der Waals surface area contributed by atoms with E-state index in [1.165, 1.54) is 15.9 Å². The largest absolute Gasteiger partial charge is 0.409 e. The average molecular weight is 299 g/mol. The van der Waals surface area contributed by atoms with Crippen molar-refractivity contribution < 1.29 is 5.21 Å². The zero-order chi connectivity index (χ0) is 15.0. The van der Waals surface area contributed by atoms with Crippen molar-refractivity contribution in [1.29, 1.82) is 0 Å². The van der Waals surface area contributed by atoms with Crippen molar-refractivity contribution in [2.45, 2.75) is 6.92 Å². The predicted molar refractivity (Wildman–Crippen MR) is 82.4 cm³/mol. The van der Waals surface area contributed by atoms with E-state index in [-0.39, 0.29) is 5.49 Å². The summed E-state index contributed by atoms with van der Waals surface area (Å²) in [7, 11) is 1.65. The molecule has 0 saturated heterocycles. The molecule has 0 aliphatic carbocycles. The first-order valence-corrected chi connectivity index (χ1v) is 7.23. The van der Waals surface area contributed by atoms with Gasteiger partial charge in [-0.2, -0.15) is 0 Å². The molecular formula is C15H13N3O2S. The van der Waals surface area contributed by atoms with Gasteiger partial charge in [0.15, 0.2) is 0 Å². The van der Waals surface area contributed by atoms with Gasteiger partial charge in [-0.15, -0.1) is 11.3 Å². The maximum absolute atomic E-state index is 12.3. The van der Waals surface area contributed by atoms with Crippen molar-refractivity contribution in [3.8, 4) is 10.6 Å². The molecule has 0 aliphatic heterocycles. The van der Waals surface area contributed by atoms with E-state index >= 15 is 0 Å². The van der Waals surface area contributed by atoms with Crippen LogP contribution in [0.5, 0.6) is 0 Å². The number of aromatic nitrogens is 2. The Morgan fingerprint density at radius 3 is 2.81 bits per heavy atom. The van der Waals surface area contributed by atoms with Crippen molar-refractivity contribution in [3.05, 3.63) is 57.1 Å². The van der Waals surface area contributed by atoms with Crippen LogP contribution in [0.15, 0.2) is 45.7 Å². The van der Waals surface area contributed by atoms with Crippen LogP contribution in [0.4, 0.5) is 0 Å². The maximum Gasteiger partial charge on any atom is 0.299 e. The van der Waals surface area contributed by atoms with E-state index in [2.05, 4.69) is 10.1 Å². The summed E-state index contributed by atoms with van der Waals surface area (Å²) in [4.78, 5) is 17.5. The Balaban J connectivity index is 2.64. The highest BCUT2D eigenvalue weighted by Gasteiger charge is 2.10. The summed E-state index contributed by atoms with van der Waals surface area (Å²) in [5.74, 6) is 0. The first-order valence-electron chi connectivity index (χ1n) is 6.35. The molecule has 3 aromatic rings. The molecule has 0 unspecified atom stereocenters.